The monoisotopic (exact) mass is 329 g/mol. The number of ether oxygens (including phenoxy) is 1. The van der Waals surface area contributed by atoms with E-state index in [0.717, 1.165) is 25.9 Å². The Bertz CT molecular complexity index is 592. The smallest absolute Gasteiger partial charge is 0.377 e. The first-order valence-electron chi connectivity index (χ1n) is 8.36. The Kier molecular flexibility index (Phi) is 3.50. The van der Waals surface area contributed by atoms with Crippen LogP contribution >= 0.6 is 0 Å². The summed E-state index contributed by atoms with van der Waals surface area (Å²) in [6.45, 7) is 1.01. The first-order chi connectivity index (χ1) is 10.9. The lowest BCUT2D eigenvalue weighted by atomic mass is 9.54. The molecule has 1 aromatic rings. The van der Waals surface area contributed by atoms with Gasteiger partial charge in [0.05, 0.1) is 6.10 Å². The van der Waals surface area contributed by atoms with E-state index in [4.69, 9.17) is 4.74 Å². The van der Waals surface area contributed by atoms with Gasteiger partial charge >= 0.3 is 6.18 Å². The molecule has 3 fully saturated rings. The second-order valence-electron chi connectivity index (χ2n) is 7.22. The first kappa shape index (κ1) is 15.4. The molecule has 2 heterocycles. The van der Waals surface area contributed by atoms with Crippen LogP contribution in [0.5, 0.6) is 0 Å². The van der Waals surface area contributed by atoms with Crippen LogP contribution in [0.25, 0.3) is 0 Å². The van der Waals surface area contributed by atoms with Crippen molar-refractivity contribution >= 4 is 0 Å². The molecule has 3 unspecified atom stereocenters. The minimum Gasteiger partial charge on any atom is -0.377 e. The molecular formula is C16H22F3N3O. The Labute approximate surface area is 133 Å². The summed E-state index contributed by atoms with van der Waals surface area (Å²) < 4.78 is 46.4. The second-order valence-corrected chi connectivity index (χ2v) is 7.22. The summed E-state index contributed by atoms with van der Waals surface area (Å²) in [5.41, 5.74) is -0.385. The van der Waals surface area contributed by atoms with Crippen LogP contribution in [0.15, 0.2) is 6.20 Å². The second kappa shape index (κ2) is 5.21. The fourth-order valence-electron chi connectivity index (χ4n) is 5.13. The lowest BCUT2D eigenvalue weighted by molar-refractivity contribution is -0.143. The van der Waals surface area contributed by atoms with Gasteiger partial charge in [-0.1, -0.05) is 12.8 Å². The largest absolute Gasteiger partial charge is 0.435 e. The van der Waals surface area contributed by atoms with Crippen LogP contribution in [-0.4, -0.2) is 28.5 Å². The predicted octanol–water partition coefficient (Wildman–Crippen LogP) is 2.88. The summed E-state index contributed by atoms with van der Waals surface area (Å²) in [7, 11) is 1.53. The van der Waals surface area contributed by atoms with Crippen molar-refractivity contribution in [2.24, 2.45) is 18.4 Å². The SMILES string of the molecule is Cn1cc(CNC2C3CCOC3C23CCCC3)c(C(F)(F)F)n1. The van der Waals surface area contributed by atoms with E-state index in [1.807, 2.05) is 0 Å². The van der Waals surface area contributed by atoms with Crippen LogP contribution in [0.3, 0.4) is 0 Å². The van der Waals surface area contributed by atoms with Gasteiger partial charge in [0.2, 0.25) is 0 Å². The minimum absolute atomic E-state index is 0.155. The van der Waals surface area contributed by atoms with E-state index >= 15 is 0 Å². The average Bonchev–Trinajstić information content (AvgIpc) is 3.15. The molecule has 2 saturated carbocycles. The Morgan fingerprint density at radius 1 is 1.39 bits per heavy atom. The first-order valence-corrected chi connectivity index (χ1v) is 8.36. The highest BCUT2D eigenvalue weighted by atomic mass is 19.4. The number of halogens is 3. The highest BCUT2D eigenvalue weighted by molar-refractivity contribution is 5.22. The van der Waals surface area contributed by atoms with E-state index in [-0.39, 0.29) is 23.6 Å². The summed E-state index contributed by atoms with van der Waals surface area (Å²) in [6.07, 6.45) is 3.06. The quantitative estimate of drug-likeness (QED) is 0.927. The third-order valence-electron chi connectivity index (χ3n) is 5.97. The molecule has 7 heteroatoms. The van der Waals surface area contributed by atoms with Crippen LogP contribution in [0.1, 0.15) is 43.4 Å². The van der Waals surface area contributed by atoms with Gasteiger partial charge in [-0.25, -0.2) is 0 Å². The van der Waals surface area contributed by atoms with Crippen molar-refractivity contribution in [3.8, 4) is 0 Å². The summed E-state index contributed by atoms with van der Waals surface area (Å²) in [6, 6.07) is 0.277. The van der Waals surface area contributed by atoms with Gasteiger partial charge in [-0.3, -0.25) is 4.68 Å². The van der Waals surface area contributed by atoms with Gasteiger partial charge in [0.25, 0.3) is 0 Å². The van der Waals surface area contributed by atoms with Crippen molar-refractivity contribution in [2.75, 3.05) is 6.61 Å². The molecule has 3 atom stereocenters. The fourth-order valence-corrected chi connectivity index (χ4v) is 5.13. The molecule has 0 radical (unpaired) electrons. The zero-order chi connectivity index (χ0) is 16.2. The lowest BCUT2D eigenvalue weighted by Gasteiger charge is -2.57. The number of nitrogens with zero attached hydrogens (tertiary/aromatic N) is 2. The molecule has 1 spiro atoms. The molecule has 1 aliphatic heterocycles. The normalized spacial score (nSPS) is 32.3. The van der Waals surface area contributed by atoms with Gasteiger partial charge < -0.3 is 10.1 Å². The van der Waals surface area contributed by atoms with E-state index < -0.39 is 11.9 Å². The fraction of sp³-hybridized carbons (Fsp3) is 0.812. The van der Waals surface area contributed by atoms with Gasteiger partial charge in [-0.15, -0.1) is 0 Å². The third kappa shape index (κ3) is 2.31. The molecule has 128 valence electrons. The summed E-state index contributed by atoms with van der Waals surface area (Å²) in [5.74, 6) is 0.458. The number of fused-ring (bicyclic) bond motifs is 2. The Morgan fingerprint density at radius 3 is 2.83 bits per heavy atom. The molecule has 0 bridgehead atoms. The maximum absolute atomic E-state index is 13.1. The summed E-state index contributed by atoms with van der Waals surface area (Å²) in [5, 5.41) is 7.02. The van der Waals surface area contributed by atoms with Crippen molar-refractivity contribution in [1.29, 1.82) is 0 Å². The number of hydrogen-bond donors (Lipinski definition) is 1. The molecule has 2 aliphatic carbocycles. The van der Waals surface area contributed by atoms with Crippen molar-refractivity contribution in [2.45, 2.75) is 57.0 Å². The van der Waals surface area contributed by atoms with Crippen LogP contribution < -0.4 is 5.32 Å². The van der Waals surface area contributed by atoms with Gasteiger partial charge in [0.1, 0.15) is 0 Å². The molecule has 1 N–H and O–H groups in total. The summed E-state index contributed by atoms with van der Waals surface area (Å²) >= 11 is 0. The third-order valence-corrected chi connectivity index (χ3v) is 5.97. The minimum atomic E-state index is -4.40. The van der Waals surface area contributed by atoms with Crippen molar-refractivity contribution in [3.05, 3.63) is 17.5 Å². The number of hydrogen-bond acceptors (Lipinski definition) is 3. The van der Waals surface area contributed by atoms with Crippen LogP contribution in [0.2, 0.25) is 0 Å². The van der Waals surface area contributed by atoms with E-state index in [2.05, 4.69) is 10.4 Å². The van der Waals surface area contributed by atoms with Crippen molar-refractivity contribution in [1.82, 2.24) is 15.1 Å². The van der Waals surface area contributed by atoms with E-state index in [9.17, 15) is 13.2 Å². The topological polar surface area (TPSA) is 39.1 Å². The molecule has 1 saturated heterocycles. The molecular weight excluding hydrogens is 307 g/mol. The lowest BCUT2D eigenvalue weighted by Crippen LogP contribution is -2.67. The van der Waals surface area contributed by atoms with Gasteiger partial charge in [-0.2, -0.15) is 18.3 Å². The Hall–Kier alpha value is -1.08. The van der Waals surface area contributed by atoms with Crippen LogP contribution in [-0.2, 0) is 24.5 Å². The summed E-state index contributed by atoms with van der Waals surface area (Å²) in [4.78, 5) is 0. The Morgan fingerprint density at radius 2 is 2.13 bits per heavy atom. The standard InChI is InChI=1S/C16H22F3N3O/c1-22-9-10(12(21-22)16(17,18)19)8-20-13-11-4-7-23-14(11)15(13)5-2-3-6-15/h9,11,13-14,20H,2-8H2,1H3. The van der Waals surface area contributed by atoms with Crippen LogP contribution in [0.4, 0.5) is 13.2 Å². The number of alkyl halides is 3. The number of nitrogens with one attached hydrogen (secondary N) is 1. The zero-order valence-corrected chi connectivity index (χ0v) is 13.2. The van der Waals surface area contributed by atoms with Crippen molar-refractivity contribution < 1.29 is 17.9 Å². The molecule has 3 aliphatic rings. The molecule has 4 rings (SSSR count). The molecule has 23 heavy (non-hydrogen) atoms. The number of aromatic nitrogens is 2. The van der Waals surface area contributed by atoms with E-state index in [0.29, 0.717) is 12.0 Å². The van der Waals surface area contributed by atoms with Gasteiger partial charge in [0, 0.05) is 49.3 Å². The molecule has 1 aromatic heterocycles. The van der Waals surface area contributed by atoms with Gasteiger partial charge in [-0.05, 0) is 19.3 Å². The van der Waals surface area contributed by atoms with Gasteiger partial charge in [0.15, 0.2) is 5.69 Å². The van der Waals surface area contributed by atoms with Crippen molar-refractivity contribution in [3.63, 3.8) is 0 Å². The highest BCUT2D eigenvalue weighted by Crippen LogP contribution is 2.60. The average molecular weight is 329 g/mol. The molecule has 4 nitrogen and oxygen atoms in total. The maximum Gasteiger partial charge on any atom is 0.435 e. The Balaban J connectivity index is 1.51. The number of rotatable bonds is 3. The molecule has 0 amide bonds. The predicted molar refractivity (Wildman–Crippen MR) is 77.6 cm³/mol. The van der Waals surface area contributed by atoms with E-state index in [1.165, 1.54) is 30.8 Å². The van der Waals surface area contributed by atoms with Crippen LogP contribution in [0, 0.1) is 11.3 Å². The van der Waals surface area contributed by atoms with E-state index in [1.54, 1.807) is 0 Å². The zero-order valence-electron chi connectivity index (χ0n) is 13.2. The highest BCUT2D eigenvalue weighted by Gasteiger charge is 2.64. The number of aryl methyl sites for hydroxylation is 1. The molecule has 0 aromatic carbocycles. The maximum atomic E-state index is 13.1.